The van der Waals surface area contributed by atoms with Crippen LogP contribution in [0, 0.1) is 5.92 Å². The first-order valence-corrected chi connectivity index (χ1v) is 10.8. The molecule has 1 aliphatic carbocycles. The van der Waals surface area contributed by atoms with E-state index in [0.717, 1.165) is 24.0 Å². The second-order valence-electron chi connectivity index (χ2n) is 8.68. The summed E-state index contributed by atoms with van der Waals surface area (Å²) in [4.78, 5) is 0. The zero-order valence-corrected chi connectivity index (χ0v) is 17.8. The largest absolute Gasteiger partial charge is 0.396 e. The van der Waals surface area contributed by atoms with E-state index < -0.39 is 5.79 Å². The van der Waals surface area contributed by atoms with Crippen molar-refractivity contribution in [3.8, 4) is 0 Å². The number of hydrogen-bond acceptors (Lipinski definition) is 5. The molecule has 2 aromatic rings. The highest BCUT2D eigenvalue weighted by Crippen LogP contribution is 2.40. The molecule has 30 heavy (non-hydrogen) atoms. The molecule has 1 N–H and O–H groups in total. The van der Waals surface area contributed by atoms with E-state index in [9.17, 15) is 5.11 Å². The minimum atomic E-state index is -0.653. The van der Waals surface area contributed by atoms with E-state index in [1.54, 1.807) is 0 Å². The number of aliphatic hydroxyl groups excluding tert-OH is 1. The summed E-state index contributed by atoms with van der Waals surface area (Å²) >= 11 is 0. The molecule has 162 valence electrons. The van der Waals surface area contributed by atoms with Crippen LogP contribution in [0.2, 0.25) is 0 Å². The molecule has 4 rings (SSSR count). The molecular formula is C25H32O5. The number of benzene rings is 2. The summed E-state index contributed by atoms with van der Waals surface area (Å²) in [6, 6.07) is 20.2. The summed E-state index contributed by atoms with van der Waals surface area (Å²) in [6.45, 7) is 4.86. The van der Waals surface area contributed by atoms with Crippen LogP contribution in [0.1, 0.15) is 37.8 Å². The highest BCUT2D eigenvalue weighted by atomic mass is 16.8. The van der Waals surface area contributed by atoms with Crippen molar-refractivity contribution in [3.05, 3.63) is 71.8 Å². The molecule has 0 radical (unpaired) electrons. The zero-order valence-electron chi connectivity index (χ0n) is 17.8. The molecule has 0 aromatic heterocycles. The summed E-state index contributed by atoms with van der Waals surface area (Å²) < 4.78 is 25.3. The number of rotatable bonds is 7. The van der Waals surface area contributed by atoms with Crippen molar-refractivity contribution in [2.75, 3.05) is 6.61 Å². The Bertz CT molecular complexity index is 779. The predicted molar refractivity (Wildman–Crippen MR) is 114 cm³/mol. The minimum absolute atomic E-state index is 0.0320. The van der Waals surface area contributed by atoms with Crippen molar-refractivity contribution in [1.82, 2.24) is 0 Å². The van der Waals surface area contributed by atoms with E-state index in [1.807, 2.05) is 74.5 Å². The summed E-state index contributed by atoms with van der Waals surface area (Å²) in [5.41, 5.74) is 2.19. The quantitative estimate of drug-likeness (QED) is 0.743. The molecule has 5 heteroatoms. The Morgan fingerprint density at radius 3 is 1.97 bits per heavy atom. The van der Waals surface area contributed by atoms with Gasteiger partial charge in [-0.2, -0.15) is 0 Å². The van der Waals surface area contributed by atoms with Gasteiger partial charge in [-0.1, -0.05) is 60.7 Å². The fourth-order valence-corrected chi connectivity index (χ4v) is 4.51. The van der Waals surface area contributed by atoms with Gasteiger partial charge in [0.2, 0.25) is 0 Å². The van der Waals surface area contributed by atoms with Crippen LogP contribution in [0.5, 0.6) is 0 Å². The van der Waals surface area contributed by atoms with Gasteiger partial charge in [0.15, 0.2) is 5.79 Å². The topological polar surface area (TPSA) is 57.2 Å². The Hall–Kier alpha value is -1.76. The molecule has 0 amide bonds. The number of ether oxygens (including phenoxy) is 4. The monoisotopic (exact) mass is 412 g/mol. The first-order valence-electron chi connectivity index (χ1n) is 10.8. The Morgan fingerprint density at radius 2 is 1.40 bits per heavy atom. The number of fused-ring (bicyclic) bond motifs is 1. The second kappa shape index (κ2) is 9.58. The van der Waals surface area contributed by atoms with Crippen molar-refractivity contribution in [1.29, 1.82) is 0 Å². The predicted octanol–water partition coefficient (Wildman–Crippen LogP) is 4.08. The van der Waals surface area contributed by atoms with Gasteiger partial charge in [0.05, 0.1) is 25.4 Å². The van der Waals surface area contributed by atoms with Crippen LogP contribution < -0.4 is 0 Å². The average Bonchev–Trinajstić information content (AvgIpc) is 3.00. The number of aliphatic hydroxyl groups is 1. The van der Waals surface area contributed by atoms with Crippen LogP contribution in [0.15, 0.2) is 60.7 Å². The van der Waals surface area contributed by atoms with Gasteiger partial charge in [0, 0.05) is 12.5 Å². The molecule has 2 aliphatic rings. The molecule has 5 nitrogen and oxygen atoms in total. The van der Waals surface area contributed by atoms with E-state index in [4.69, 9.17) is 18.9 Å². The molecular weight excluding hydrogens is 380 g/mol. The Balaban J connectivity index is 1.57. The van der Waals surface area contributed by atoms with Gasteiger partial charge in [-0.15, -0.1) is 0 Å². The summed E-state index contributed by atoms with van der Waals surface area (Å²) in [7, 11) is 0. The van der Waals surface area contributed by atoms with Crippen molar-refractivity contribution in [2.24, 2.45) is 5.92 Å². The second-order valence-corrected chi connectivity index (χ2v) is 8.68. The molecule has 5 atom stereocenters. The van der Waals surface area contributed by atoms with E-state index >= 15 is 0 Å². The van der Waals surface area contributed by atoms with Crippen LogP contribution in [-0.4, -0.2) is 41.9 Å². The highest BCUT2D eigenvalue weighted by molar-refractivity contribution is 5.14. The minimum Gasteiger partial charge on any atom is -0.396 e. The Labute approximate surface area is 178 Å². The third-order valence-electron chi connectivity index (χ3n) is 5.96. The first-order chi connectivity index (χ1) is 14.6. The maximum absolute atomic E-state index is 10.1. The van der Waals surface area contributed by atoms with Gasteiger partial charge >= 0.3 is 0 Å². The van der Waals surface area contributed by atoms with Crippen LogP contribution in [0.4, 0.5) is 0 Å². The van der Waals surface area contributed by atoms with Crippen molar-refractivity contribution in [2.45, 2.75) is 70.1 Å². The van der Waals surface area contributed by atoms with Crippen LogP contribution >= 0.6 is 0 Å². The third-order valence-corrected chi connectivity index (χ3v) is 5.96. The summed E-state index contributed by atoms with van der Waals surface area (Å²) in [5.74, 6) is -0.685. The first kappa shape index (κ1) is 21.5. The van der Waals surface area contributed by atoms with Gasteiger partial charge in [0.25, 0.3) is 0 Å². The molecule has 0 bridgehead atoms. The number of hydrogen-bond donors (Lipinski definition) is 1. The van der Waals surface area contributed by atoms with E-state index in [1.165, 1.54) is 0 Å². The van der Waals surface area contributed by atoms with Gasteiger partial charge in [-0.3, -0.25) is 0 Å². The van der Waals surface area contributed by atoms with Crippen molar-refractivity contribution >= 4 is 0 Å². The van der Waals surface area contributed by atoms with E-state index in [0.29, 0.717) is 13.2 Å². The summed E-state index contributed by atoms with van der Waals surface area (Å²) in [5, 5.41) is 10.1. The molecule has 0 spiro atoms. The van der Waals surface area contributed by atoms with Crippen molar-refractivity contribution in [3.63, 3.8) is 0 Å². The molecule has 1 aliphatic heterocycles. The standard InChI is InChI=1S/C25H32O5/c1-25(2)29-21-14-13-20(15-26)22(27-16-18-9-5-3-6-10-18)24(23(21)30-25)28-17-19-11-7-4-8-12-19/h3-12,20-24,26H,13-17H2,1-2H3/t20-,21+,22-,23+,24+/m1/s1. The summed E-state index contributed by atoms with van der Waals surface area (Å²) in [6.07, 6.45) is 0.699. The lowest BCUT2D eigenvalue weighted by molar-refractivity contribution is -0.190. The van der Waals surface area contributed by atoms with Crippen molar-refractivity contribution < 1.29 is 24.1 Å². The lowest BCUT2D eigenvalue weighted by Gasteiger charge is -2.34. The maximum Gasteiger partial charge on any atom is 0.163 e. The highest BCUT2D eigenvalue weighted by Gasteiger charge is 2.51. The van der Waals surface area contributed by atoms with Gasteiger partial charge < -0.3 is 24.1 Å². The van der Waals surface area contributed by atoms with Gasteiger partial charge in [-0.05, 0) is 37.8 Å². The fraction of sp³-hybridized carbons (Fsp3) is 0.520. The van der Waals surface area contributed by atoms with Gasteiger partial charge in [-0.25, -0.2) is 0 Å². The van der Waals surface area contributed by atoms with Crippen LogP contribution in [-0.2, 0) is 32.2 Å². The molecule has 1 saturated heterocycles. The Morgan fingerprint density at radius 1 is 0.833 bits per heavy atom. The normalized spacial score (nSPS) is 30.6. The average molecular weight is 413 g/mol. The van der Waals surface area contributed by atoms with E-state index in [2.05, 4.69) is 0 Å². The SMILES string of the molecule is CC1(C)O[C@@H]2[C@@H](OCc3ccccc3)[C@H](OCc3ccccc3)[C@@H](CO)CC[C@@H]2O1. The third kappa shape index (κ3) is 5.10. The Kier molecular flexibility index (Phi) is 6.86. The van der Waals surface area contributed by atoms with Crippen LogP contribution in [0.3, 0.4) is 0 Å². The van der Waals surface area contributed by atoms with Gasteiger partial charge in [0.1, 0.15) is 12.2 Å². The fourth-order valence-electron chi connectivity index (χ4n) is 4.51. The lowest BCUT2D eigenvalue weighted by atomic mass is 9.95. The van der Waals surface area contributed by atoms with Crippen LogP contribution in [0.25, 0.3) is 0 Å². The molecule has 2 fully saturated rings. The lowest BCUT2D eigenvalue weighted by Crippen LogP contribution is -2.47. The smallest absolute Gasteiger partial charge is 0.163 e. The maximum atomic E-state index is 10.1. The zero-order chi connectivity index (χ0) is 21.0. The van der Waals surface area contributed by atoms with E-state index in [-0.39, 0.29) is 36.9 Å². The molecule has 1 saturated carbocycles. The molecule has 2 aromatic carbocycles. The molecule has 1 heterocycles. The molecule has 0 unspecified atom stereocenters.